The molecule has 0 aliphatic rings. The zero-order valence-corrected chi connectivity index (χ0v) is 12.9. The SMILES string of the molecule is CCOC(C)c1noc(CN(C)C(=O)c2cccc(N)c2)n1. The fourth-order valence-corrected chi connectivity index (χ4v) is 1.99. The molecule has 1 atom stereocenters. The molecule has 0 fully saturated rings. The fraction of sp³-hybridized carbons (Fsp3) is 0.400. The first kappa shape index (κ1) is 16.0. The van der Waals surface area contributed by atoms with Crippen molar-refractivity contribution < 1.29 is 14.1 Å². The van der Waals surface area contributed by atoms with Crippen molar-refractivity contribution in [3.05, 3.63) is 41.5 Å². The molecule has 0 radical (unpaired) electrons. The zero-order valence-electron chi connectivity index (χ0n) is 12.9. The molecule has 22 heavy (non-hydrogen) atoms. The molecular formula is C15H20N4O3. The summed E-state index contributed by atoms with van der Waals surface area (Å²) in [7, 11) is 1.67. The van der Waals surface area contributed by atoms with E-state index in [0.29, 0.717) is 29.6 Å². The van der Waals surface area contributed by atoms with Crippen LogP contribution in [0.25, 0.3) is 0 Å². The average Bonchev–Trinajstić information content (AvgIpc) is 2.95. The number of hydrogen-bond acceptors (Lipinski definition) is 6. The van der Waals surface area contributed by atoms with Gasteiger partial charge in [0.2, 0.25) is 5.89 Å². The maximum atomic E-state index is 12.3. The number of anilines is 1. The minimum absolute atomic E-state index is 0.162. The molecule has 0 aliphatic heterocycles. The van der Waals surface area contributed by atoms with E-state index in [0.717, 1.165) is 0 Å². The largest absolute Gasteiger partial charge is 0.399 e. The highest BCUT2D eigenvalue weighted by Gasteiger charge is 2.18. The molecule has 0 bridgehead atoms. The summed E-state index contributed by atoms with van der Waals surface area (Å²) in [5.74, 6) is 0.674. The van der Waals surface area contributed by atoms with Crippen molar-refractivity contribution in [2.45, 2.75) is 26.5 Å². The van der Waals surface area contributed by atoms with Crippen LogP contribution in [-0.4, -0.2) is 34.6 Å². The van der Waals surface area contributed by atoms with Gasteiger partial charge in [0, 0.05) is 24.9 Å². The molecule has 7 nitrogen and oxygen atoms in total. The molecule has 7 heteroatoms. The Morgan fingerprint density at radius 3 is 2.95 bits per heavy atom. The van der Waals surface area contributed by atoms with E-state index >= 15 is 0 Å². The number of nitrogens with zero attached hydrogens (tertiary/aromatic N) is 3. The first-order valence-electron chi connectivity index (χ1n) is 7.06. The second kappa shape index (κ2) is 7.04. The molecule has 0 saturated heterocycles. The van der Waals surface area contributed by atoms with E-state index in [2.05, 4.69) is 10.1 Å². The summed E-state index contributed by atoms with van der Waals surface area (Å²) in [6.45, 7) is 4.54. The monoisotopic (exact) mass is 304 g/mol. The minimum Gasteiger partial charge on any atom is -0.399 e. The van der Waals surface area contributed by atoms with Crippen molar-refractivity contribution in [2.24, 2.45) is 0 Å². The summed E-state index contributed by atoms with van der Waals surface area (Å²) < 4.78 is 10.5. The van der Waals surface area contributed by atoms with Gasteiger partial charge in [0.25, 0.3) is 5.91 Å². The molecule has 1 amide bonds. The standard InChI is InChI=1S/C15H20N4O3/c1-4-21-10(2)14-17-13(22-18-14)9-19(3)15(20)11-6-5-7-12(16)8-11/h5-8,10H,4,9,16H2,1-3H3. The number of nitrogens with two attached hydrogens (primary N) is 1. The summed E-state index contributed by atoms with van der Waals surface area (Å²) in [5, 5.41) is 3.86. The predicted octanol–water partition coefficient (Wildman–Crippen LogP) is 2.02. The van der Waals surface area contributed by atoms with Crippen LogP contribution in [0.4, 0.5) is 5.69 Å². The first-order valence-corrected chi connectivity index (χ1v) is 7.06. The van der Waals surface area contributed by atoms with Gasteiger partial charge in [-0.15, -0.1) is 0 Å². The molecule has 2 N–H and O–H groups in total. The fourth-order valence-electron chi connectivity index (χ4n) is 1.99. The van der Waals surface area contributed by atoms with Crippen LogP contribution >= 0.6 is 0 Å². The summed E-state index contributed by atoms with van der Waals surface area (Å²) in [6, 6.07) is 6.82. The maximum Gasteiger partial charge on any atom is 0.254 e. The third-order valence-corrected chi connectivity index (χ3v) is 3.12. The van der Waals surface area contributed by atoms with E-state index < -0.39 is 0 Å². The number of carbonyl (C=O) groups excluding carboxylic acids is 1. The van der Waals surface area contributed by atoms with E-state index in [4.69, 9.17) is 15.0 Å². The Morgan fingerprint density at radius 2 is 2.27 bits per heavy atom. The van der Waals surface area contributed by atoms with Crippen molar-refractivity contribution in [1.82, 2.24) is 15.0 Å². The van der Waals surface area contributed by atoms with Gasteiger partial charge in [0.05, 0.1) is 6.54 Å². The van der Waals surface area contributed by atoms with Crippen LogP contribution in [0.15, 0.2) is 28.8 Å². The molecule has 1 heterocycles. The smallest absolute Gasteiger partial charge is 0.254 e. The third kappa shape index (κ3) is 3.82. The third-order valence-electron chi connectivity index (χ3n) is 3.12. The second-order valence-electron chi connectivity index (χ2n) is 4.93. The molecule has 118 valence electrons. The topological polar surface area (TPSA) is 94.5 Å². The van der Waals surface area contributed by atoms with Crippen LogP contribution in [0.2, 0.25) is 0 Å². The number of ether oxygens (including phenoxy) is 1. The maximum absolute atomic E-state index is 12.3. The lowest BCUT2D eigenvalue weighted by Gasteiger charge is -2.14. The quantitative estimate of drug-likeness (QED) is 0.820. The molecule has 0 spiro atoms. The Bertz CT molecular complexity index is 641. The van der Waals surface area contributed by atoms with E-state index in [1.165, 1.54) is 4.90 Å². The highest BCUT2D eigenvalue weighted by molar-refractivity contribution is 5.94. The number of nitrogen functional groups attached to an aromatic ring is 1. The number of aromatic nitrogens is 2. The van der Waals surface area contributed by atoms with Crippen LogP contribution in [0.3, 0.4) is 0 Å². The molecule has 0 aliphatic carbocycles. The molecule has 1 aromatic carbocycles. The van der Waals surface area contributed by atoms with Crippen LogP contribution in [0.5, 0.6) is 0 Å². The van der Waals surface area contributed by atoms with Gasteiger partial charge in [-0.1, -0.05) is 11.2 Å². The summed E-state index contributed by atoms with van der Waals surface area (Å²) in [4.78, 5) is 18.0. The van der Waals surface area contributed by atoms with Crippen LogP contribution in [0.1, 0.15) is 42.0 Å². The number of carbonyl (C=O) groups is 1. The van der Waals surface area contributed by atoms with Crippen molar-refractivity contribution in [3.8, 4) is 0 Å². The number of amides is 1. The molecule has 2 aromatic rings. The Balaban J connectivity index is 2.02. The number of benzene rings is 1. The Labute approximate surface area is 129 Å². The van der Waals surface area contributed by atoms with E-state index in [-0.39, 0.29) is 18.6 Å². The summed E-state index contributed by atoms with van der Waals surface area (Å²) >= 11 is 0. The second-order valence-corrected chi connectivity index (χ2v) is 4.93. The first-order chi connectivity index (χ1) is 10.5. The van der Waals surface area contributed by atoms with Crippen molar-refractivity contribution in [3.63, 3.8) is 0 Å². The normalized spacial score (nSPS) is 12.1. The van der Waals surface area contributed by atoms with Gasteiger partial charge in [-0.05, 0) is 32.0 Å². The predicted molar refractivity (Wildman–Crippen MR) is 81.0 cm³/mol. The average molecular weight is 304 g/mol. The van der Waals surface area contributed by atoms with Crippen LogP contribution < -0.4 is 5.73 Å². The Morgan fingerprint density at radius 1 is 1.50 bits per heavy atom. The van der Waals surface area contributed by atoms with Gasteiger partial charge < -0.3 is 19.9 Å². The molecule has 1 aromatic heterocycles. The highest BCUT2D eigenvalue weighted by atomic mass is 16.5. The van der Waals surface area contributed by atoms with Gasteiger partial charge in [0.1, 0.15) is 6.10 Å². The summed E-state index contributed by atoms with van der Waals surface area (Å²) in [5.41, 5.74) is 6.75. The number of rotatable bonds is 6. The van der Waals surface area contributed by atoms with Gasteiger partial charge in [-0.25, -0.2) is 0 Å². The van der Waals surface area contributed by atoms with E-state index in [1.54, 1.807) is 31.3 Å². The van der Waals surface area contributed by atoms with Crippen molar-refractivity contribution in [2.75, 3.05) is 19.4 Å². The Hall–Kier alpha value is -2.41. The van der Waals surface area contributed by atoms with Gasteiger partial charge in [-0.2, -0.15) is 4.98 Å². The molecule has 1 unspecified atom stereocenters. The lowest BCUT2D eigenvalue weighted by Crippen LogP contribution is -2.26. The van der Waals surface area contributed by atoms with Crippen LogP contribution in [-0.2, 0) is 11.3 Å². The van der Waals surface area contributed by atoms with Gasteiger partial charge in [-0.3, -0.25) is 4.79 Å². The van der Waals surface area contributed by atoms with Crippen molar-refractivity contribution in [1.29, 1.82) is 0 Å². The summed E-state index contributed by atoms with van der Waals surface area (Å²) in [6.07, 6.45) is -0.238. The molecular weight excluding hydrogens is 284 g/mol. The highest BCUT2D eigenvalue weighted by Crippen LogP contribution is 2.14. The van der Waals surface area contributed by atoms with E-state index in [9.17, 15) is 4.79 Å². The van der Waals surface area contributed by atoms with Crippen LogP contribution in [0, 0.1) is 0 Å². The molecule has 0 saturated carbocycles. The van der Waals surface area contributed by atoms with E-state index in [1.807, 2.05) is 13.8 Å². The Kier molecular flexibility index (Phi) is 5.11. The number of hydrogen-bond donors (Lipinski definition) is 1. The molecule has 2 rings (SSSR count). The zero-order chi connectivity index (χ0) is 16.1. The lowest BCUT2D eigenvalue weighted by atomic mass is 10.2. The van der Waals surface area contributed by atoms with Gasteiger partial charge >= 0.3 is 0 Å². The lowest BCUT2D eigenvalue weighted by molar-refractivity contribution is 0.0682. The minimum atomic E-state index is -0.238. The van der Waals surface area contributed by atoms with Crippen molar-refractivity contribution >= 4 is 11.6 Å². The van der Waals surface area contributed by atoms with Gasteiger partial charge in [0.15, 0.2) is 5.82 Å².